The number of para-hydroxylation sites is 1. The van der Waals surface area contributed by atoms with Gasteiger partial charge in [-0.2, -0.15) is 13.5 Å². The molecule has 0 aliphatic carbocycles. The van der Waals surface area contributed by atoms with Gasteiger partial charge in [-0.15, -0.1) is 4.40 Å². The van der Waals surface area contributed by atoms with Crippen molar-refractivity contribution < 1.29 is 17.9 Å². The van der Waals surface area contributed by atoms with Gasteiger partial charge in [0.05, 0.1) is 25.6 Å². The Hall–Kier alpha value is -3.89. The average molecular weight is 540 g/mol. The molecular weight excluding hydrogens is 514 g/mol. The number of ether oxygens (including phenoxy) is 1. The maximum atomic E-state index is 13.2. The molecule has 0 bridgehead atoms. The standard InChI is InChI=1S/C26H26ClN5O4S/c1-31(2)17-28-37(34,35)25-14-20(29-26(33)12-18-8-4-6-10-22(18)27)13-23-21(25)16-32(30-23)15-19-9-5-7-11-24(19)36-3/h4-11,13-14,16-17H,12,15H2,1-3H3,(H,29,33)/b28-17+. The number of halogens is 1. The summed E-state index contributed by atoms with van der Waals surface area (Å²) in [5.41, 5.74) is 2.21. The third-order valence-corrected chi connectivity index (χ3v) is 7.08. The molecule has 0 aliphatic heterocycles. The average Bonchev–Trinajstić information content (AvgIpc) is 3.26. The number of carbonyl (C=O) groups is 1. The Morgan fingerprint density at radius 2 is 1.84 bits per heavy atom. The molecule has 1 aromatic heterocycles. The molecule has 4 aromatic rings. The second-order valence-corrected chi connectivity index (χ2v) is 10.5. The van der Waals surface area contributed by atoms with Gasteiger partial charge in [0.25, 0.3) is 10.0 Å². The molecule has 0 saturated carbocycles. The molecular formula is C26H26ClN5O4S. The molecule has 0 spiro atoms. The van der Waals surface area contributed by atoms with Gasteiger partial charge in [0.1, 0.15) is 17.0 Å². The van der Waals surface area contributed by atoms with Gasteiger partial charge in [-0.3, -0.25) is 9.48 Å². The fraction of sp³-hybridized carbons (Fsp3) is 0.192. The van der Waals surface area contributed by atoms with Crippen LogP contribution in [0, 0.1) is 0 Å². The number of anilines is 1. The molecule has 1 heterocycles. The topological polar surface area (TPSA) is 106 Å². The lowest BCUT2D eigenvalue weighted by Gasteiger charge is -2.09. The molecule has 9 nitrogen and oxygen atoms in total. The highest BCUT2D eigenvalue weighted by atomic mass is 35.5. The number of aromatic nitrogens is 2. The molecule has 192 valence electrons. The Labute approximate surface area is 220 Å². The van der Waals surface area contributed by atoms with E-state index in [0.29, 0.717) is 33.8 Å². The van der Waals surface area contributed by atoms with E-state index in [-0.39, 0.29) is 22.9 Å². The van der Waals surface area contributed by atoms with Crippen LogP contribution in [0.15, 0.2) is 76.2 Å². The number of nitrogens with zero attached hydrogens (tertiary/aromatic N) is 4. The fourth-order valence-electron chi connectivity index (χ4n) is 3.75. The predicted octanol–water partition coefficient (Wildman–Crippen LogP) is 4.21. The fourth-order valence-corrected chi connectivity index (χ4v) is 5.09. The van der Waals surface area contributed by atoms with E-state index in [9.17, 15) is 13.2 Å². The van der Waals surface area contributed by atoms with Crippen molar-refractivity contribution in [2.45, 2.75) is 17.9 Å². The molecule has 1 N–H and O–H groups in total. The van der Waals surface area contributed by atoms with Gasteiger partial charge < -0.3 is 15.0 Å². The summed E-state index contributed by atoms with van der Waals surface area (Å²) in [6, 6.07) is 17.6. The Morgan fingerprint density at radius 3 is 2.54 bits per heavy atom. The van der Waals surface area contributed by atoms with Crippen molar-refractivity contribution in [3.63, 3.8) is 0 Å². The van der Waals surface area contributed by atoms with Crippen molar-refractivity contribution in [1.82, 2.24) is 14.7 Å². The molecule has 0 saturated heterocycles. The Bertz CT molecular complexity index is 1580. The SMILES string of the molecule is COc1ccccc1Cn1cc2c(S(=O)(=O)/N=C/N(C)C)cc(NC(=O)Cc3ccccc3Cl)cc2n1. The van der Waals surface area contributed by atoms with Crippen LogP contribution in [0.5, 0.6) is 5.75 Å². The third kappa shape index (κ3) is 6.28. The predicted molar refractivity (Wildman–Crippen MR) is 145 cm³/mol. The molecule has 0 radical (unpaired) electrons. The van der Waals surface area contributed by atoms with Crippen LogP contribution >= 0.6 is 11.6 Å². The Morgan fingerprint density at radius 1 is 1.14 bits per heavy atom. The van der Waals surface area contributed by atoms with Crippen molar-refractivity contribution in [2.75, 3.05) is 26.5 Å². The van der Waals surface area contributed by atoms with Crippen LogP contribution in [-0.2, 0) is 27.8 Å². The maximum absolute atomic E-state index is 13.2. The highest BCUT2D eigenvalue weighted by Gasteiger charge is 2.21. The van der Waals surface area contributed by atoms with Crippen molar-refractivity contribution in [2.24, 2.45) is 4.40 Å². The number of nitrogens with one attached hydrogen (secondary N) is 1. The smallest absolute Gasteiger partial charge is 0.284 e. The summed E-state index contributed by atoms with van der Waals surface area (Å²) < 4.78 is 37.2. The van der Waals surface area contributed by atoms with Crippen LogP contribution in [0.4, 0.5) is 5.69 Å². The highest BCUT2D eigenvalue weighted by Crippen LogP contribution is 2.29. The molecule has 0 aliphatic rings. The molecule has 0 unspecified atom stereocenters. The minimum Gasteiger partial charge on any atom is -0.496 e. The first-order valence-corrected chi connectivity index (χ1v) is 13.1. The zero-order chi connectivity index (χ0) is 26.6. The van der Waals surface area contributed by atoms with Gasteiger partial charge in [-0.05, 0) is 29.8 Å². The number of amides is 1. The third-order valence-electron chi connectivity index (χ3n) is 5.45. The Kier molecular flexibility index (Phi) is 7.80. The molecule has 4 rings (SSSR count). The van der Waals surface area contributed by atoms with Gasteiger partial charge in [-0.25, -0.2) is 0 Å². The lowest BCUT2D eigenvalue weighted by Crippen LogP contribution is -2.15. The summed E-state index contributed by atoms with van der Waals surface area (Å²) in [4.78, 5) is 14.2. The van der Waals surface area contributed by atoms with Crippen LogP contribution in [0.2, 0.25) is 5.02 Å². The number of benzene rings is 3. The number of hydrogen-bond acceptors (Lipinski definition) is 5. The first-order chi connectivity index (χ1) is 17.7. The number of fused-ring (bicyclic) bond motifs is 1. The van der Waals surface area contributed by atoms with Gasteiger partial charge in [0.2, 0.25) is 5.91 Å². The lowest BCUT2D eigenvalue weighted by molar-refractivity contribution is -0.115. The molecule has 37 heavy (non-hydrogen) atoms. The highest BCUT2D eigenvalue weighted by molar-refractivity contribution is 7.90. The van der Waals surface area contributed by atoms with Gasteiger partial charge in [0.15, 0.2) is 0 Å². The first kappa shape index (κ1) is 26.2. The monoisotopic (exact) mass is 539 g/mol. The van der Waals surface area contributed by atoms with Crippen LogP contribution in [-0.4, -0.2) is 56.5 Å². The normalized spacial score (nSPS) is 11.7. The van der Waals surface area contributed by atoms with Crippen molar-refractivity contribution >= 4 is 50.5 Å². The van der Waals surface area contributed by atoms with E-state index in [0.717, 1.165) is 5.56 Å². The van der Waals surface area contributed by atoms with Gasteiger partial charge >= 0.3 is 0 Å². The summed E-state index contributed by atoms with van der Waals surface area (Å²) in [7, 11) is 0.830. The second kappa shape index (κ2) is 11.0. The van der Waals surface area contributed by atoms with Gasteiger partial charge in [0, 0.05) is 42.0 Å². The summed E-state index contributed by atoms with van der Waals surface area (Å²) in [6.45, 7) is 0.355. The number of carbonyl (C=O) groups excluding carboxylic acids is 1. The molecule has 0 atom stereocenters. The van der Waals surface area contributed by atoms with Crippen LogP contribution in [0.1, 0.15) is 11.1 Å². The quantitative estimate of drug-likeness (QED) is 0.252. The van der Waals surface area contributed by atoms with E-state index < -0.39 is 10.0 Å². The summed E-state index contributed by atoms with van der Waals surface area (Å²) >= 11 is 6.18. The number of sulfonamides is 1. The van der Waals surface area contributed by atoms with E-state index in [1.807, 2.05) is 24.3 Å². The first-order valence-electron chi connectivity index (χ1n) is 11.3. The van der Waals surface area contributed by atoms with Crippen LogP contribution in [0.3, 0.4) is 0 Å². The zero-order valence-electron chi connectivity index (χ0n) is 20.6. The van der Waals surface area contributed by atoms with Crippen LogP contribution < -0.4 is 10.1 Å². The molecule has 3 aromatic carbocycles. The number of hydrogen-bond donors (Lipinski definition) is 1. The summed E-state index contributed by atoms with van der Waals surface area (Å²) in [6.07, 6.45) is 2.89. The van der Waals surface area contributed by atoms with Crippen molar-refractivity contribution in [3.8, 4) is 5.75 Å². The van der Waals surface area contributed by atoms with E-state index in [4.69, 9.17) is 16.3 Å². The van der Waals surface area contributed by atoms with Crippen molar-refractivity contribution in [1.29, 1.82) is 0 Å². The van der Waals surface area contributed by atoms with Crippen molar-refractivity contribution in [3.05, 3.63) is 83.0 Å². The Balaban J connectivity index is 1.74. The number of methoxy groups -OCH3 is 1. The minimum absolute atomic E-state index is 0.0286. The number of rotatable bonds is 9. The zero-order valence-corrected chi connectivity index (χ0v) is 22.1. The van der Waals surface area contributed by atoms with Crippen LogP contribution in [0.25, 0.3) is 10.9 Å². The molecule has 0 fully saturated rings. The lowest BCUT2D eigenvalue weighted by atomic mass is 10.1. The van der Waals surface area contributed by atoms with E-state index in [1.165, 1.54) is 17.3 Å². The molecule has 1 amide bonds. The minimum atomic E-state index is -4.10. The van der Waals surface area contributed by atoms with Gasteiger partial charge in [-0.1, -0.05) is 48.0 Å². The molecule has 11 heteroatoms. The largest absolute Gasteiger partial charge is 0.496 e. The van der Waals surface area contributed by atoms with E-state index >= 15 is 0 Å². The maximum Gasteiger partial charge on any atom is 0.284 e. The second-order valence-electron chi connectivity index (χ2n) is 8.52. The summed E-state index contributed by atoms with van der Waals surface area (Å²) in [5, 5.41) is 8.21. The van der Waals surface area contributed by atoms with E-state index in [2.05, 4.69) is 14.8 Å². The summed E-state index contributed by atoms with van der Waals surface area (Å²) in [5.74, 6) is 0.346. The van der Waals surface area contributed by atoms with E-state index in [1.54, 1.807) is 62.4 Å².